The molecule has 1 fully saturated rings. The number of hydrogen-bond acceptors (Lipinski definition) is 5. The van der Waals surface area contributed by atoms with Gasteiger partial charge in [-0.25, -0.2) is 4.98 Å². The molecular weight excluding hydrogens is 394 g/mol. The van der Waals surface area contributed by atoms with Crippen molar-refractivity contribution >= 4 is 11.8 Å². The van der Waals surface area contributed by atoms with Crippen LogP contribution in [0.4, 0.5) is 0 Å². The van der Waals surface area contributed by atoms with Crippen molar-refractivity contribution in [2.45, 2.75) is 45.8 Å². The number of nitrogens with zero attached hydrogens (tertiary/aromatic N) is 5. The van der Waals surface area contributed by atoms with Crippen molar-refractivity contribution in [2.24, 2.45) is 7.05 Å². The van der Waals surface area contributed by atoms with Gasteiger partial charge in [0.1, 0.15) is 23.3 Å². The Morgan fingerprint density at radius 1 is 1.23 bits per heavy atom. The second-order valence-electron chi connectivity index (χ2n) is 7.95. The van der Waals surface area contributed by atoms with Crippen molar-refractivity contribution in [1.82, 2.24) is 24.5 Å². The molecular formula is C23H27N5O3. The summed E-state index contributed by atoms with van der Waals surface area (Å²) in [6.07, 6.45) is 5.07. The molecule has 0 aliphatic carbocycles. The molecule has 1 atom stereocenters. The number of carbonyl (C=O) groups is 2. The van der Waals surface area contributed by atoms with E-state index >= 15 is 0 Å². The maximum absolute atomic E-state index is 13.6. The highest BCUT2D eigenvalue weighted by atomic mass is 16.5. The fourth-order valence-electron chi connectivity index (χ4n) is 4.13. The summed E-state index contributed by atoms with van der Waals surface area (Å²) in [6.45, 7) is 4.66. The number of hydrogen-bond donors (Lipinski definition) is 0. The van der Waals surface area contributed by atoms with Crippen LogP contribution in [0.15, 0.2) is 47.2 Å². The van der Waals surface area contributed by atoms with Gasteiger partial charge in [0.25, 0.3) is 0 Å². The summed E-state index contributed by atoms with van der Waals surface area (Å²) in [6, 6.07) is 9.34. The lowest BCUT2D eigenvalue weighted by molar-refractivity contribution is -0.143. The standard InChI is InChI=1S/C23H27N5O3/c1-16-19(22(25-31-16)18-8-5-4-6-9-18)14-27(15-21-24-11-13-26(21)3)23(30)20-10-7-12-28(20)17(2)29/h4-6,8-9,11,13,20H,7,10,12,14-15H2,1-3H3/t20-/m0/s1. The Hall–Kier alpha value is -3.42. The first-order chi connectivity index (χ1) is 15.0. The third-order valence-electron chi connectivity index (χ3n) is 5.89. The monoisotopic (exact) mass is 421 g/mol. The predicted octanol–water partition coefficient (Wildman–Crippen LogP) is 2.92. The molecule has 0 N–H and O–H groups in total. The lowest BCUT2D eigenvalue weighted by atomic mass is 10.1. The van der Waals surface area contributed by atoms with Crippen LogP contribution in [0.3, 0.4) is 0 Å². The van der Waals surface area contributed by atoms with Gasteiger partial charge in [0.05, 0.1) is 13.1 Å². The Kier molecular flexibility index (Phi) is 5.88. The Balaban J connectivity index is 1.68. The number of amides is 2. The number of aryl methyl sites for hydroxylation is 2. The molecule has 1 aliphatic rings. The van der Waals surface area contributed by atoms with Crippen molar-refractivity contribution in [3.05, 3.63) is 59.9 Å². The quantitative estimate of drug-likeness (QED) is 0.611. The zero-order valence-corrected chi connectivity index (χ0v) is 18.1. The van der Waals surface area contributed by atoms with E-state index in [0.717, 1.165) is 29.1 Å². The zero-order chi connectivity index (χ0) is 22.0. The number of likely N-dealkylation sites (tertiary alicyclic amines) is 1. The molecule has 0 bridgehead atoms. The molecule has 3 heterocycles. The fraction of sp³-hybridized carbons (Fsp3) is 0.391. The van der Waals surface area contributed by atoms with Gasteiger partial charge in [0, 0.05) is 44.0 Å². The lowest BCUT2D eigenvalue weighted by Crippen LogP contribution is -2.47. The Morgan fingerprint density at radius 2 is 2.00 bits per heavy atom. The van der Waals surface area contributed by atoms with E-state index in [9.17, 15) is 9.59 Å². The van der Waals surface area contributed by atoms with Crippen molar-refractivity contribution < 1.29 is 14.1 Å². The van der Waals surface area contributed by atoms with E-state index in [2.05, 4.69) is 10.1 Å². The zero-order valence-electron chi connectivity index (χ0n) is 18.1. The van der Waals surface area contributed by atoms with Gasteiger partial charge in [-0.15, -0.1) is 0 Å². The molecule has 2 aromatic heterocycles. The van der Waals surface area contributed by atoms with Crippen LogP contribution in [0.1, 0.15) is 36.9 Å². The van der Waals surface area contributed by atoms with Gasteiger partial charge >= 0.3 is 0 Å². The minimum atomic E-state index is -0.446. The normalized spacial score (nSPS) is 16.0. The molecule has 0 saturated carbocycles. The average Bonchev–Trinajstić information content (AvgIpc) is 3.49. The summed E-state index contributed by atoms with van der Waals surface area (Å²) in [5, 5.41) is 4.26. The Labute approximate surface area is 181 Å². The molecule has 1 saturated heterocycles. The molecule has 3 aromatic rings. The second kappa shape index (κ2) is 8.75. The summed E-state index contributed by atoms with van der Waals surface area (Å²) in [5.74, 6) is 1.30. The van der Waals surface area contributed by atoms with Crippen LogP contribution in [0, 0.1) is 6.92 Å². The van der Waals surface area contributed by atoms with Crippen LogP contribution in [0.5, 0.6) is 0 Å². The summed E-state index contributed by atoms with van der Waals surface area (Å²) in [4.78, 5) is 33.5. The second-order valence-corrected chi connectivity index (χ2v) is 7.95. The van der Waals surface area contributed by atoms with E-state index in [1.54, 1.807) is 16.0 Å². The highest BCUT2D eigenvalue weighted by Crippen LogP contribution is 2.28. The van der Waals surface area contributed by atoms with Gasteiger partial charge in [-0.3, -0.25) is 9.59 Å². The van der Waals surface area contributed by atoms with Gasteiger partial charge < -0.3 is 18.9 Å². The first-order valence-electron chi connectivity index (χ1n) is 10.5. The minimum absolute atomic E-state index is 0.0704. The fourth-order valence-corrected chi connectivity index (χ4v) is 4.13. The number of imidazole rings is 1. The SMILES string of the molecule is CC(=O)N1CCC[C@H]1C(=O)N(Cc1c(-c2ccccc2)noc1C)Cc1nccn1C. The maximum Gasteiger partial charge on any atom is 0.246 e. The summed E-state index contributed by atoms with van der Waals surface area (Å²) in [5.41, 5.74) is 2.52. The largest absolute Gasteiger partial charge is 0.361 e. The number of rotatable bonds is 6. The van der Waals surface area contributed by atoms with Crippen LogP contribution in [-0.2, 0) is 29.7 Å². The van der Waals surface area contributed by atoms with Crippen molar-refractivity contribution in [3.63, 3.8) is 0 Å². The van der Waals surface area contributed by atoms with E-state index < -0.39 is 6.04 Å². The van der Waals surface area contributed by atoms with Gasteiger partial charge in [-0.1, -0.05) is 35.5 Å². The molecule has 31 heavy (non-hydrogen) atoms. The van der Waals surface area contributed by atoms with E-state index in [1.165, 1.54) is 6.92 Å². The van der Waals surface area contributed by atoms with Gasteiger partial charge in [-0.05, 0) is 19.8 Å². The van der Waals surface area contributed by atoms with Gasteiger partial charge in [0.2, 0.25) is 11.8 Å². The van der Waals surface area contributed by atoms with Gasteiger partial charge in [-0.2, -0.15) is 0 Å². The predicted molar refractivity (Wildman–Crippen MR) is 115 cm³/mol. The smallest absolute Gasteiger partial charge is 0.246 e. The first-order valence-corrected chi connectivity index (χ1v) is 10.5. The maximum atomic E-state index is 13.6. The minimum Gasteiger partial charge on any atom is -0.361 e. The van der Waals surface area contributed by atoms with Crippen LogP contribution in [0.2, 0.25) is 0 Å². The molecule has 2 amide bonds. The lowest BCUT2D eigenvalue weighted by Gasteiger charge is -2.30. The molecule has 1 aliphatic heterocycles. The molecule has 1 aromatic carbocycles. The highest BCUT2D eigenvalue weighted by Gasteiger charge is 2.36. The summed E-state index contributed by atoms with van der Waals surface area (Å²) < 4.78 is 7.40. The van der Waals surface area contributed by atoms with Crippen molar-refractivity contribution in [2.75, 3.05) is 6.54 Å². The molecule has 0 spiro atoms. The van der Waals surface area contributed by atoms with Crippen LogP contribution in [-0.4, -0.2) is 48.9 Å². The topological polar surface area (TPSA) is 84.5 Å². The van der Waals surface area contributed by atoms with Crippen LogP contribution in [0.25, 0.3) is 11.3 Å². The van der Waals surface area contributed by atoms with E-state index in [1.807, 2.05) is 55.1 Å². The third-order valence-corrected chi connectivity index (χ3v) is 5.89. The number of carbonyl (C=O) groups excluding carboxylic acids is 2. The van der Waals surface area contributed by atoms with Crippen molar-refractivity contribution in [3.8, 4) is 11.3 Å². The molecule has 162 valence electrons. The summed E-state index contributed by atoms with van der Waals surface area (Å²) in [7, 11) is 1.91. The molecule has 8 nitrogen and oxygen atoms in total. The van der Waals surface area contributed by atoms with Crippen LogP contribution < -0.4 is 0 Å². The summed E-state index contributed by atoms with van der Waals surface area (Å²) >= 11 is 0. The first kappa shape index (κ1) is 20.8. The molecule has 4 rings (SSSR count). The van der Waals surface area contributed by atoms with E-state index in [4.69, 9.17) is 4.52 Å². The highest BCUT2D eigenvalue weighted by molar-refractivity contribution is 5.87. The third kappa shape index (κ3) is 4.23. The van der Waals surface area contributed by atoms with Crippen molar-refractivity contribution in [1.29, 1.82) is 0 Å². The molecule has 8 heteroatoms. The Morgan fingerprint density at radius 3 is 2.68 bits per heavy atom. The number of benzene rings is 1. The molecule has 0 unspecified atom stereocenters. The average molecular weight is 422 g/mol. The van der Waals surface area contributed by atoms with Crippen LogP contribution >= 0.6 is 0 Å². The Bertz CT molecular complexity index is 1070. The van der Waals surface area contributed by atoms with E-state index in [-0.39, 0.29) is 11.8 Å². The van der Waals surface area contributed by atoms with Gasteiger partial charge in [0.15, 0.2) is 0 Å². The number of aromatic nitrogens is 3. The molecule has 0 radical (unpaired) electrons. The van der Waals surface area contributed by atoms with E-state index in [0.29, 0.717) is 31.8 Å².